The molecule has 176 valence electrons. The third-order valence-corrected chi connectivity index (χ3v) is 9.96. The molecule has 0 heterocycles. The zero-order chi connectivity index (χ0) is 23.4. The highest BCUT2D eigenvalue weighted by Gasteiger charge is 2.30. The molecule has 0 aliphatic carbocycles. The van der Waals surface area contributed by atoms with Crippen molar-refractivity contribution >= 4 is 25.1 Å². The van der Waals surface area contributed by atoms with E-state index in [-0.39, 0.29) is 11.8 Å². The minimum Gasteiger partial charge on any atom is -0.339 e. The van der Waals surface area contributed by atoms with Crippen molar-refractivity contribution < 1.29 is 9.59 Å². The first-order chi connectivity index (χ1) is 14.8. The number of carbonyl (C=O) groups is 2. The SMILES string of the molecule is CCCCCCCC[Si](C)(C)c1cc(C(=O)N(CC)CC)ccc1C(=O)N(CC)CC. The van der Waals surface area contributed by atoms with Crippen molar-refractivity contribution in [3.05, 3.63) is 29.3 Å². The summed E-state index contributed by atoms with van der Waals surface area (Å²) in [7, 11) is -1.88. The molecule has 0 atom stereocenters. The molecule has 2 amide bonds. The first kappa shape index (κ1) is 27.4. The van der Waals surface area contributed by atoms with Gasteiger partial charge in [0.2, 0.25) is 0 Å². The van der Waals surface area contributed by atoms with E-state index in [1.165, 1.54) is 38.5 Å². The third-order valence-electron chi connectivity index (χ3n) is 6.48. The number of nitrogens with zero attached hydrogens (tertiary/aromatic N) is 2. The molecule has 0 bridgehead atoms. The summed E-state index contributed by atoms with van der Waals surface area (Å²) in [5.41, 5.74) is 1.53. The van der Waals surface area contributed by atoms with Gasteiger partial charge in [-0.25, -0.2) is 0 Å². The average molecular weight is 447 g/mol. The van der Waals surface area contributed by atoms with Crippen molar-refractivity contribution in [2.75, 3.05) is 26.2 Å². The van der Waals surface area contributed by atoms with Crippen LogP contribution in [0.1, 0.15) is 93.9 Å². The second-order valence-corrected chi connectivity index (χ2v) is 13.9. The van der Waals surface area contributed by atoms with Crippen LogP contribution in [0.3, 0.4) is 0 Å². The van der Waals surface area contributed by atoms with Crippen LogP contribution < -0.4 is 5.19 Å². The van der Waals surface area contributed by atoms with Gasteiger partial charge in [0.1, 0.15) is 0 Å². The Labute approximate surface area is 192 Å². The van der Waals surface area contributed by atoms with E-state index in [2.05, 4.69) is 26.1 Å². The molecule has 0 aliphatic rings. The van der Waals surface area contributed by atoms with Gasteiger partial charge < -0.3 is 9.80 Å². The standard InChI is InChI=1S/C26H46N2O2Si/c1-8-13-14-15-16-17-20-31(6,7)24-21-22(25(29)27(9-2)10-3)18-19-23(24)26(30)28(11-4)12-5/h18-19,21H,8-17,20H2,1-7H3. The topological polar surface area (TPSA) is 40.6 Å². The fourth-order valence-electron chi connectivity index (χ4n) is 4.28. The molecule has 0 saturated heterocycles. The molecule has 1 aromatic carbocycles. The number of hydrogen-bond acceptors (Lipinski definition) is 2. The number of unbranched alkanes of at least 4 members (excludes halogenated alkanes) is 5. The molecule has 0 radical (unpaired) electrons. The second-order valence-electron chi connectivity index (χ2n) is 9.12. The third kappa shape index (κ3) is 7.78. The number of rotatable bonds is 14. The summed E-state index contributed by atoms with van der Waals surface area (Å²) >= 11 is 0. The number of hydrogen-bond donors (Lipinski definition) is 0. The lowest BCUT2D eigenvalue weighted by Crippen LogP contribution is -2.47. The van der Waals surface area contributed by atoms with E-state index in [9.17, 15) is 9.59 Å². The molecule has 0 aromatic heterocycles. The first-order valence-corrected chi connectivity index (χ1v) is 15.7. The van der Waals surface area contributed by atoms with E-state index in [1.807, 2.05) is 49.6 Å². The normalized spacial score (nSPS) is 11.5. The van der Waals surface area contributed by atoms with E-state index < -0.39 is 8.07 Å². The molecule has 0 saturated carbocycles. The first-order valence-electron chi connectivity index (χ1n) is 12.5. The highest BCUT2D eigenvalue weighted by molar-refractivity contribution is 6.90. The van der Waals surface area contributed by atoms with Crippen molar-refractivity contribution in [2.45, 2.75) is 92.3 Å². The maximum Gasteiger partial charge on any atom is 0.253 e. The van der Waals surface area contributed by atoms with Gasteiger partial charge in [0, 0.05) is 37.3 Å². The lowest BCUT2D eigenvalue weighted by atomic mass is 10.1. The van der Waals surface area contributed by atoms with E-state index in [1.54, 1.807) is 0 Å². The maximum absolute atomic E-state index is 13.3. The van der Waals surface area contributed by atoms with Crippen molar-refractivity contribution in [2.24, 2.45) is 0 Å². The van der Waals surface area contributed by atoms with Gasteiger partial charge in [-0.15, -0.1) is 0 Å². The molecule has 0 spiro atoms. The van der Waals surface area contributed by atoms with Crippen LogP contribution in [-0.2, 0) is 0 Å². The molecule has 31 heavy (non-hydrogen) atoms. The smallest absolute Gasteiger partial charge is 0.253 e. The Morgan fingerprint density at radius 3 is 1.81 bits per heavy atom. The quantitative estimate of drug-likeness (QED) is 0.263. The fourth-order valence-corrected chi connectivity index (χ4v) is 7.15. The molecule has 1 rings (SSSR count). The molecular weight excluding hydrogens is 400 g/mol. The lowest BCUT2D eigenvalue weighted by Gasteiger charge is -2.29. The Balaban J connectivity index is 3.24. The van der Waals surface area contributed by atoms with Crippen LogP contribution >= 0.6 is 0 Å². The molecule has 0 aliphatic heterocycles. The minimum atomic E-state index is -1.88. The zero-order valence-electron chi connectivity index (χ0n) is 21.2. The highest BCUT2D eigenvalue weighted by Crippen LogP contribution is 2.20. The van der Waals surface area contributed by atoms with Crippen molar-refractivity contribution in [3.8, 4) is 0 Å². The summed E-state index contributed by atoms with van der Waals surface area (Å²) in [6.45, 7) is 17.8. The second kappa shape index (κ2) is 13.7. The Hall–Kier alpha value is -1.62. The summed E-state index contributed by atoms with van der Waals surface area (Å²) in [6, 6.07) is 6.99. The molecule has 5 heteroatoms. The number of carbonyl (C=O) groups excluding carboxylic acids is 2. The van der Waals surface area contributed by atoms with E-state index in [0.717, 1.165) is 22.4 Å². The Morgan fingerprint density at radius 2 is 1.26 bits per heavy atom. The molecule has 0 N–H and O–H groups in total. The largest absolute Gasteiger partial charge is 0.339 e. The van der Waals surface area contributed by atoms with E-state index >= 15 is 0 Å². The van der Waals surface area contributed by atoms with Crippen molar-refractivity contribution in [1.29, 1.82) is 0 Å². The number of benzene rings is 1. The predicted octanol–water partition coefficient (Wildman–Crippen LogP) is 5.93. The summed E-state index contributed by atoms with van der Waals surface area (Å²) in [5.74, 6) is 0.169. The van der Waals surface area contributed by atoms with Crippen LogP contribution in [0.15, 0.2) is 18.2 Å². The Bertz CT molecular complexity index is 695. The summed E-state index contributed by atoms with van der Waals surface area (Å²) < 4.78 is 0. The van der Waals surface area contributed by atoms with Crippen LogP contribution in [0.2, 0.25) is 19.1 Å². The Kier molecular flexibility index (Phi) is 12.1. The predicted molar refractivity (Wildman–Crippen MR) is 136 cm³/mol. The zero-order valence-corrected chi connectivity index (χ0v) is 22.2. The van der Waals surface area contributed by atoms with Gasteiger partial charge in [0.15, 0.2) is 0 Å². The van der Waals surface area contributed by atoms with Gasteiger partial charge >= 0.3 is 0 Å². The molecule has 1 aromatic rings. The van der Waals surface area contributed by atoms with Gasteiger partial charge in [0.25, 0.3) is 11.8 Å². The van der Waals surface area contributed by atoms with E-state index in [0.29, 0.717) is 26.2 Å². The number of amides is 2. The average Bonchev–Trinajstić information content (AvgIpc) is 2.77. The minimum absolute atomic E-state index is 0.0671. The fraction of sp³-hybridized carbons (Fsp3) is 0.692. The molecule has 0 fully saturated rings. The molecular formula is C26H46N2O2Si. The summed E-state index contributed by atoms with van der Waals surface area (Å²) in [6.07, 6.45) is 7.66. The van der Waals surface area contributed by atoms with Gasteiger partial charge in [-0.05, 0) is 51.1 Å². The van der Waals surface area contributed by atoms with Crippen molar-refractivity contribution in [3.63, 3.8) is 0 Å². The maximum atomic E-state index is 13.3. The highest BCUT2D eigenvalue weighted by atomic mass is 28.3. The van der Waals surface area contributed by atoms with Crippen LogP contribution in [0.5, 0.6) is 0 Å². The van der Waals surface area contributed by atoms with Crippen molar-refractivity contribution in [1.82, 2.24) is 9.80 Å². The van der Waals surface area contributed by atoms with Gasteiger partial charge in [0.05, 0.1) is 8.07 Å². The Morgan fingerprint density at radius 1 is 0.742 bits per heavy atom. The van der Waals surface area contributed by atoms with Crippen LogP contribution in [0.25, 0.3) is 0 Å². The van der Waals surface area contributed by atoms with Gasteiger partial charge in [-0.2, -0.15) is 0 Å². The van der Waals surface area contributed by atoms with E-state index in [4.69, 9.17) is 0 Å². The summed E-state index contributed by atoms with van der Waals surface area (Å²) in [4.78, 5) is 30.1. The van der Waals surface area contributed by atoms with Crippen LogP contribution in [0, 0.1) is 0 Å². The van der Waals surface area contributed by atoms with Gasteiger partial charge in [-0.1, -0.05) is 64.6 Å². The van der Waals surface area contributed by atoms with Gasteiger partial charge in [-0.3, -0.25) is 9.59 Å². The van der Waals surface area contributed by atoms with Crippen LogP contribution in [0.4, 0.5) is 0 Å². The molecule has 4 nitrogen and oxygen atoms in total. The summed E-state index contributed by atoms with van der Waals surface area (Å²) in [5, 5.41) is 1.15. The molecule has 0 unspecified atom stereocenters. The van der Waals surface area contributed by atoms with Crippen LogP contribution in [-0.4, -0.2) is 55.9 Å². The monoisotopic (exact) mass is 446 g/mol. The lowest BCUT2D eigenvalue weighted by molar-refractivity contribution is 0.0761.